The fourth-order valence-electron chi connectivity index (χ4n) is 1.85. The highest BCUT2D eigenvalue weighted by molar-refractivity contribution is 5.90. The molecule has 1 aromatic heterocycles. The lowest BCUT2D eigenvalue weighted by Crippen LogP contribution is -1.99. The first kappa shape index (κ1) is 12.8. The fraction of sp³-hybridized carbons (Fsp3) is 0.133. The second kappa shape index (κ2) is 5.78. The van der Waals surface area contributed by atoms with Gasteiger partial charge in [-0.3, -0.25) is 9.78 Å². The zero-order valence-electron chi connectivity index (χ0n) is 10.5. The number of aldehydes is 1. The van der Waals surface area contributed by atoms with Gasteiger partial charge in [0, 0.05) is 11.8 Å². The minimum atomic E-state index is 0.289. The highest BCUT2D eigenvalue weighted by Gasteiger charge is 2.14. The average molecular weight is 252 g/mol. The smallest absolute Gasteiger partial charge is 0.153 e. The molecule has 0 atom stereocenters. The van der Waals surface area contributed by atoms with Crippen LogP contribution < -0.4 is 4.74 Å². The first-order chi connectivity index (χ1) is 9.31. The van der Waals surface area contributed by atoms with Gasteiger partial charge in [0.1, 0.15) is 11.8 Å². The van der Waals surface area contributed by atoms with Crippen LogP contribution in [-0.2, 0) is 0 Å². The van der Waals surface area contributed by atoms with E-state index in [1.54, 1.807) is 0 Å². The van der Waals surface area contributed by atoms with E-state index in [0.717, 1.165) is 0 Å². The van der Waals surface area contributed by atoms with Crippen molar-refractivity contribution in [3.8, 4) is 23.1 Å². The van der Waals surface area contributed by atoms with Gasteiger partial charge in [-0.25, -0.2) is 0 Å². The van der Waals surface area contributed by atoms with Crippen LogP contribution in [0.1, 0.15) is 22.8 Å². The molecule has 0 aliphatic rings. The lowest BCUT2D eigenvalue weighted by atomic mass is 10.0. The molecule has 0 aliphatic carbocycles. The van der Waals surface area contributed by atoms with Crippen molar-refractivity contribution < 1.29 is 9.53 Å². The highest BCUT2D eigenvalue weighted by Crippen LogP contribution is 2.31. The molecule has 2 rings (SSSR count). The summed E-state index contributed by atoms with van der Waals surface area (Å²) in [5, 5.41) is 9.03. The van der Waals surface area contributed by atoms with Crippen LogP contribution in [0.15, 0.2) is 36.5 Å². The minimum Gasteiger partial charge on any atom is -0.493 e. The minimum absolute atomic E-state index is 0.289. The Labute approximate surface area is 111 Å². The van der Waals surface area contributed by atoms with E-state index < -0.39 is 0 Å². The maximum atomic E-state index is 11.2. The van der Waals surface area contributed by atoms with Crippen molar-refractivity contribution in [3.63, 3.8) is 0 Å². The Kier molecular flexibility index (Phi) is 3.89. The molecule has 0 fully saturated rings. The zero-order valence-corrected chi connectivity index (χ0v) is 10.5. The van der Waals surface area contributed by atoms with Crippen molar-refractivity contribution >= 4 is 6.29 Å². The van der Waals surface area contributed by atoms with E-state index in [9.17, 15) is 4.79 Å². The summed E-state index contributed by atoms with van der Waals surface area (Å²) in [5.74, 6) is 0.649. The molecule has 0 saturated heterocycles. The standard InChI is InChI=1S/C15H12N2O2/c1-2-19-14-6-4-3-5-12(14)15-13(10-18)11(9-16)7-8-17-15/h3-8,10H,2H2,1H3. The molecule has 0 saturated carbocycles. The molecular weight excluding hydrogens is 240 g/mol. The number of benzene rings is 1. The van der Waals surface area contributed by atoms with Crippen molar-refractivity contribution in [1.29, 1.82) is 5.26 Å². The van der Waals surface area contributed by atoms with E-state index in [-0.39, 0.29) is 5.56 Å². The largest absolute Gasteiger partial charge is 0.493 e. The van der Waals surface area contributed by atoms with Crippen molar-refractivity contribution in [2.45, 2.75) is 6.92 Å². The van der Waals surface area contributed by atoms with Crippen LogP contribution in [0.4, 0.5) is 0 Å². The number of nitrogens with zero attached hydrogens (tertiary/aromatic N) is 2. The molecule has 94 valence electrons. The van der Waals surface area contributed by atoms with Crippen LogP contribution in [0, 0.1) is 11.3 Å². The van der Waals surface area contributed by atoms with Crippen molar-refractivity contribution in [2.75, 3.05) is 6.61 Å². The van der Waals surface area contributed by atoms with Crippen LogP contribution in [0.2, 0.25) is 0 Å². The SMILES string of the molecule is CCOc1ccccc1-c1nccc(C#N)c1C=O. The van der Waals surface area contributed by atoms with Crippen LogP contribution in [0.25, 0.3) is 11.3 Å². The van der Waals surface area contributed by atoms with E-state index in [1.807, 2.05) is 37.3 Å². The summed E-state index contributed by atoms with van der Waals surface area (Å²) in [6.45, 7) is 2.40. The van der Waals surface area contributed by atoms with Gasteiger partial charge in [0.25, 0.3) is 0 Å². The van der Waals surface area contributed by atoms with Crippen molar-refractivity contribution in [1.82, 2.24) is 4.98 Å². The van der Waals surface area contributed by atoms with E-state index in [0.29, 0.717) is 35.5 Å². The molecule has 0 aliphatic heterocycles. The van der Waals surface area contributed by atoms with Gasteiger partial charge in [0.15, 0.2) is 6.29 Å². The number of carbonyl (C=O) groups excluding carboxylic acids is 1. The molecule has 19 heavy (non-hydrogen) atoms. The molecule has 0 amide bonds. The van der Waals surface area contributed by atoms with E-state index in [1.165, 1.54) is 12.3 Å². The summed E-state index contributed by atoms with van der Waals surface area (Å²) in [5.41, 5.74) is 1.78. The Bertz CT molecular complexity index is 645. The number of hydrogen-bond donors (Lipinski definition) is 0. The molecule has 4 nitrogen and oxygen atoms in total. The number of hydrogen-bond acceptors (Lipinski definition) is 4. The quantitative estimate of drug-likeness (QED) is 0.785. The first-order valence-corrected chi connectivity index (χ1v) is 5.88. The third kappa shape index (κ3) is 2.45. The number of carbonyl (C=O) groups is 1. The monoisotopic (exact) mass is 252 g/mol. The van der Waals surface area contributed by atoms with E-state index in [2.05, 4.69) is 4.98 Å². The topological polar surface area (TPSA) is 63.0 Å². The Balaban J connectivity index is 2.66. The van der Waals surface area contributed by atoms with Gasteiger partial charge in [-0.15, -0.1) is 0 Å². The maximum absolute atomic E-state index is 11.2. The summed E-state index contributed by atoms with van der Waals surface area (Å²) >= 11 is 0. The van der Waals surface area contributed by atoms with Crippen LogP contribution in [-0.4, -0.2) is 17.9 Å². The third-order valence-electron chi connectivity index (χ3n) is 2.67. The summed E-state index contributed by atoms with van der Waals surface area (Å²) in [7, 11) is 0. The summed E-state index contributed by atoms with van der Waals surface area (Å²) in [6, 6.07) is 10.8. The maximum Gasteiger partial charge on any atom is 0.153 e. The molecule has 1 aromatic carbocycles. The molecule has 0 radical (unpaired) electrons. The predicted molar refractivity (Wildman–Crippen MR) is 70.9 cm³/mol. The Morgan fingerprint density at radius 3 is 2.84 bits per heavy atom. The number of para-hydroxylation sites is 1. The summed E-state index contributed by atoms with van der Waals surface area (Å²) < 4.78 is 5.53. The van der Waals surface area contributed by atoms with Gasteiger partial charge < -0.3 is 4.74 Å². The summed E-state index contributed by atoms with van der Waals surface area (Å²) in [6.07, 6.45) is 2.17. The second-order valence-electron chi connectivity index (χ2n) is 3.78. The molecule has 2 aromatic rings. The number of ether oxygens (including phenoxy) is 1. The van der Waals surface area contributed by atoms with E-state index in [4.69, 9.17) is 10.00 Å². The molecule has 0 unspecified atom stereocenters. The van der Waals surface area contributed by atoms with Gasteiger partial charge >= 0.3 is 0 Å². The second-order valence-corrected chi connectivity index (χ2v) is 3.78. The number of nitriles is 1. The average Bonchev–Trinajstić information content (AvgIpc) is 2.47. The van der Waals surface area contributed by atoms with E-state index >= 15 is 0 Å². The predicted octanol–water partition coefficient (Wildman–Crippen LogP) is 2.83. The lowest BCUT2D eigenvalue weighted by molar-refractivity contribution is 0.112. The van der Waals surface area contributed by atoms with Gasteiger partial charge in [-0.05, 0) is 25.1 Å². The number of rotatable bonds is 4. The van der Waals surface area contributed by atoms with Crippen molar-refractivity contribution in [2.24, 2.45) is 0 Å². The number of aromatic nitrogens is 1. The lowest BCUT2D eigenvalue weighted by Gasteiger charge is -2.11. The first-order valence-electron chi connectivity index (χ1n) is 5.88. The number of pyridine rings is 1. The Morgan fingerprint density at radius 1 is 1.37 bits per heavy atom. The normalized spacial score (nSPS) is 9.68. The third-order valence-corrected chi connectivity index (χ3v) is 2.67. The fourth-order valence-corrected chi connectivity index (χ4v) is 1.85. The molecule has 0 N–H and O–H groups in total. The van der Waals surface area contributed by atoms with Gasteiger partial charge in [0.05, 0.1) is 23.4 Å². The molecule has 4 heteroatoms. The molecule has 1 heterocycles. The van der Waals surface area contributed by atoms with Crippen LogP contribution >= 0.6 is 0 Å². The Morgan fingerprint density at radius 2 is 2.16 bits per heavy atom. The highest BCUT2D eigenvalue weighted by atomic mass is 16.5. The zero-order chi connectivity index (χ0) is 13.7. The van der Waals surface area contributed by atoms with Crippen LogP contribution in [0.5, 0.6) is 5.75 Å². The van der Waals surface area contributed by atoms with Crippen LogP contribution in [0.3, 0.4) is 0 Å². The molecular formula is C15H12N2O2. The van der Waals surface area contributed by atoms with Gasteiger partial charge in [-0.2, -0.15) is 5.26 Å². The molecule has 0 bridgehead atoms. The molecule has 0 spiro atoms. The van der Waals surface area contributed by atoms with Crippen molar-refractivity contribution in [3.05, 3.63) is 47.7 Å². The van der Waals surface area contributed by atoms with Gasteiger partial charge in [-0.1, -0.05) is 12.1 Å². The summed E-state index contributed by atoms with van der Waals surface area (Å²) in [4.78, 5) is 15.4. The Hall–Kier alpha value is -2.67. The van der Waals surface area contributed by atoms with Gasteiger partial charge in [0.2, 0.25) is 0 Å².